The van der Waals surface area contributed by atoms with Crippen molar-refractivity contribution in [3.05, 3.63) is 58.4 Å². The molecule has 1 N–H and O–H groups in total. The van der Waals surface area contributed by atoms with Crippen molar-refractivity contribution in [2.24, 2.45) is 0 Å². The van der Waals surface area contributed by atoms with Gasteiger partial charge in [-0.15, -0.1) is 0 Å². The number of benzene rings is 2. The lowest BCUT2D eigenvalue weighted by molar-refractivity contribution is -0.384. The Kier molecular flexibility index (Phi) is 4.14. The van der Waals surface area contributed by atoms with Gasteiger partial charge in [-0.3, -0.25) is 10.1 Å². The summed E-state index contributed by atoms with van der Waals surface area (Å²) in [5.74, 6) is 0.362. The minimum absolute atomic E-state index is 0.0689. The van der Waals surface area contributed by atoms with Gasteiger partial charge >= 0.3 is 0 Å². The molecule has 0 spiro atoms. The van der Waals surface area contributed by atoms with Gasteiger partial charge in [-0.2, -0.15) is 0 Å². The van der Waals surface area contributed by atoms with E-state index in [2.05, 4.69) is 5.32 Å². The summed E-state index contributed by atoms with van der Waals surface area (Å²) in [4.78, 5) is 10.4. The predicted octanol–water partition coefficient (Wildman–Crippen LogP) is 3.96. The van der Waals surface area contributed by atoms with Crippen LogP contribution in [-0.4, -0.2) is 11.5 Å². The average molecular weight is 276 g/mol. The predicted molar refractivity (Wildman–Crippen MR) is 73.7 cm³/mol. The molecule has 0 heterocycles. The second-order valence-corrected chi connectivity index (χ2v) is 4.06. The highest BCUT2D eigenvalue weighted by molar-refractivity contribution is 5.57. The molecular formula is C14H13FN2O3. The van der Waals surface area contributed by atoms with E-state index in [-0.39, 0.29) is 11.5 Å². The maximum absolute atomic E-state index is 12.8. The Balaban J connectivity index is 2.29. The van der Waals surface area contributed by atoms with Gasteiger partial charge in [-0.1, -0.05) is 0 Å². The van der Waals surface area contributed by atoms with Gasteiger partial charge in [0.1, 0.15) is 17.3 Å². The number of non-ortho nitro benzene ring substituents is 1. The topological polar surface area (TPSA) is 64.4 Å². The van der Waals surface area contributed by atoms with Crippen molar-refractivity contribution in [2.45, 2.75) is 6.92 Å². The van der Waals surface area contributed by atoms with Crippen molar-refractivity contribution in [3.8, 4) is 11.5 Å². The number of nitrogens with zero attached hydrogens (tertiary/aromatic N) is 1. The number of nitrogens with one attached hydrogen (secondary N) is 1. The minimum Gasteiger partial charge on any atom is -0.457 e. The molecule has 20 heavy (non-hydrogen) atoms. The van der Waals surface area contributed by atoms with Crippen LogP contribution in [-0.2, 0) is 0 Å². The molecule has 0 aliphatic heterocycles. The first kappa shape index (κ1) is 13.8. The van der Waals surface area contributed by atoms with Crippen molar-refractivity contribution >= 4 is 11.4 Å². The number of ether oxygens (including phenoxy) is 1. The van der Waals surface area contributed by atoms with Crippen LogP contribution in [0.1, 0.15) is 6.92 Å². The van der Waals surface area contributed by atoms with E-state index in [0.717, 1.165) is 0 Å². The van der Waals surface area contributed by atoms with Crippen LogP contribution in [0.15, 0.2) is 42.5 Å². The van der Waals surface area contributed by atoms with Gasteiger partial charge < -0.3 is 10.1 Å². The molecular weight excluding hydrogens is 263 g/mol. The number of anilines is 1. The van der Waals surface area contributed by atoms with Gasteiger partial charge in [0.15, 0.2) is 0 Å². The highest BCUT2D eigenvalue weighted by atomic mass is 19.1. The van der Waals surface area contributed by atoms with E-state index in [4.69, 9.17) is 4.74 Å². The van der Waals surface area contributed by atoms with E-state index in [1.54, 1.807) is 6.07 Å². The molecule has 5 nitrogen and oxygen atoms in total. The molecule has 0 bridgehead atoms. The molecule has 0 amide bonds. The Labute approximate surface area is 115 Å². The van der Waals surface area contributed by atoms with Crippen LogP contribution in [0.25, 0.3) is 0 Å². The number of hydrogen-bond acceptors (Lipinski definition) is 4. The smallest absolute Gasteiger partial charge is 0.275 e. The largest absolute Gasteiger partial charge is 0.457 e. The first-order valence-corrected chi connectivity index (χ1v) is 6.05. The maximum atomic E-state index is 12.8. The van der Waals surface area contributed by atoms with Crippen LogP contribution in [0.5, 0.6) is 11.5 Å². The lowest BCUT2D eigenvalue weighted by Crippen LogP contribution is -1.98. The van der Waals surface area contributed by atoms with Gasteiger partial charge in [0.2, 0.25) is 0 Å². The van der Waals surface area contributed by atoms with E-state index in [1.807, 2.05) is 6.92 Å². The first-order chi connectivity index (χ1) is 9.58. The Morgan fingerprint density at radius 3 is 2.50 bits per heavy atom. The molecule has 2 rings (SSSR count). The minimum atomic E-state index is -0.488. The van der Waals surface area contributed by atoms with Crippen LogP contribution < -0.4 is 10.1 Å². The SMILES string of the molecule is CCNc1cc(Oc2ccc(F)cc2)cc([N+](=O)[O-])c1. The molecule has 0 aliphatic rings. The summed E-state index contributed by atoms with van der Waals surface area (Å²) in [6.45, 7) is 2.52. The lowest BCUT2D eigenvalue weighted by atomic mass is 10.2. The van der Waals surface area contributed by atoms with Crippen LogP contribution in [0.3, 0.4) is 0 Å². The number of nitro benzene ring substituents is 1. The van der Waals surface area contributed by atoms with Gasteiger partial charge in [-0.05, 0) is 31.2 Å². The molecule has 0 atom stereocenters. The van der Waals surface area contributed by atoms with E-state index in [9.17, 15) is 14.5 Å². The maximum Gasteiger partial charge on any atom is 0.275 e. The van der Waals surface area contributed by atoms with E-state index >= 15 is 0 Å². The van der Waals surface area contributed by atoms with Crippen molar-refractivity contribution in [3.63, 3.8) is 0 Å². The normalized spacial score (nSPS) is 10.1. The summed E-state index contributed by atoms with van der Waals surface area (Å²) in [5, 5.41) is 13.9. The lowest BCUT2D eigenvalue weighted by Gasteiger charge is -2.09. The number of halogens is 1. The van der Waals surface area contributed by atoms with E-state index in [1.165, 1.54) is 36.4 Å². The molecule has 0 radical (unpaired) electrons. The fourth-order valence-electron chi connectivity index (χ4n) is 1.69. The average Bonchev–Trinajstić information content (AvgIpc) is 2.41. The Morgan fingerprint density at radius 1 is 1.20 bits per heavy atom. The molecule has 6 heteroatoms. The van der Waals surface area contributed by atoms with Crippen molar-refractivity contribution in [1.29, 1.82) is 0 Å². The zero-order valence-corrected chi connectivity index (χ0v) is 10.8. The van der Waals surface area contributed by atoms with E-state index in [0.29, 0.717) is 23.7 Å². The van der Waals surface area contributed by atoms with Crippen LogP contribution in [0, 0.1) is 15.9 Å². The Hall–Kier alpha value is -2.63. The Morgan fingerprint density at radius 2 is 1.90 bits per heavy atom. The quantitative estimate of drug-likeness (QED) is 0.663. The van der Waals surface area contributed by atoms with Crippen LogP contribution in [0.2, 0.25) is 0 Å². The number of hydrogen-bond donors (Lipinski definition) is 1. The second kappa shape index (κ2) is 6.01. The highest BCUT2D eigenvalue weighted by Crippen LogP contribution is 2.29. The monoisotopic (exact) mass is 276 g/mol. The van der Waals surface area contributed by atoms with Crippen LogP contribution in [0.4, 0.5) is 15.8 Å². The summed E-state index contributed by atoms with van der Waals surface area (Å²) in [6.07, 6.45) is 0. The molecule has 0 aliphatic carbocycles. The third-order valence-corrected chi connectivity index (χ3v) is 2.53. The number of nitro groups is 1. The van der Waals surface area contributed by atoms with Gasteiger partial charge in [-0.25, -0.2) is 4.39 Å². The molecule has 0 saturated heterocycles. The molecule has 0 aromatic heterocycles. The fraction of sp³-hybridized carbons (Fsp3) is 0.143. The second-order valence-electron chi connectivity index (χ2n) is 4.06. The molecule has 104 valence electrons. The molecule has 0 saturated carbocycles. The number of rotatable bonds is 5. The summed E-state index contributed by atoms with van der Waals surface area (Å²) in [6, 6.07) is 9.85. The summed E-state index contributed by atoms with van der Waals surface area (Å²) in [7, 11) is 0. The van der Waals surface area contributed by atoms with Gasteiger partial charge in [0.05, 0.1) is 11.0 Å². The molecule has 2 aromatic carbocycles. The zero-order valence-electron chi connectivity index (χ0n) is 10.8. The molecule has 0 unspecified atom stereocenters. The van der Waals surface area contributed by atoms with Crippen molar-refractivity contribution in [2.75, 3.05) is 11.9 Å². The fourth-order valence-corrected chi connectivity index (χ4v) is 1.69. The highest BCUT2D eigenvalue weighted by Gasteiger charge is 2.11. The van der Waals surface area contributed by atoms with Crippen molar-refractivity contribution < 1.29 is 14.1 Å². The standard InChI is InChI=1S/C14H13FN2O3/c1-2-16-11-7-12(17(18)19)9-14(8-11)20-13-5-3-10(15)4-6-13/h3-9,16H,2H2,1H3. The van der Waals surface area contributed by atoms with Crippen LogP contribution >= 0.6 is 0 Å². The molecule has 0 fully saturated rings. The van der Waals surface area contributed by atoms with Crippen molar-refractivity contribution in [1.82, 2.24) is 0 Å². The zero-order chi connectivity index (χ0) is 14.5. The summed E-state index contributed by atoms with van der Waals surface area (Å²) >= 11 is 0. The Bertz CT molecular complexity index is 614. The van der Waals surface area contributed by atoms with Gasteiger partial charge in [0.25, 0.3) is 5.69 Å². The summed E-state index contributed by atoms with van der Waals surface area (Å²) in [5.41, 5.74) is 0.527. The van der Waals surface area contributed by atoms with Gasteiger partial charge in [0, 0.05) is 24.4 Å². The third-order valence-electron chi connectivity index (χ3n) is 2.53. The first-order valence-electron chi connectivity index (χ1n) is 6.05. The van der Waals surface area contributed by atoms with E-state index < -0.39 is 4.92 Å². The third kappa shape index (κ3) is 3.44. The molecule has 2 aromatic rings. The summed E-state index contributed by atoms with van der Waals surface area (Å²) < 4.78 is 18.3.